The summed E-state index contributed by atoms with van der Waals surface area (Å²) in [5, 5.41) is 0. The predicted molar refractivity (Wildman–Crippen MR) is 116 cm³/mol. The number of ketones is 1. The van der Waals surface area contributed by atoms with Crippen LogP contribution in [-0.2, 0) is 11.2 Å². The molecule has 2 aliphatic heterocycles. The molecule has 6 nitrogen and oxygen atoms in total. The Morgan fingerprint density at radius 1 is 1.10 bits per heavy atom. The molecule has 2 aromatic rings. The van der Waals surface area contributed by atoms with E-state index in [1.54, 1.807) is 19.2 Å². The lowest BCUT2D eigenvalue weighted by atomic mass is 9.82. The van der Waals surface area contributed by atoms with Crippen LogP contribution in [-0.4, -0.2) is 49.5 Å². The Bertz CT molecular complexity index is 964. The maximum Gasteiger partial charge on any atom is 0.226 e. The van der Waals surface area contributed by atoms with Gasteiger partial charge >= 0.3 is 0 Å². The van der Waals surface area contributed by atoms with Crippen molar-refractivity contribution in [1.29, 1.82) is 0 Å². The quantitative estimate of drug-likeness (QED) is 0.670. The fourth-order valence-corrected chi connectivity index (χ4v) is 4.46. The molecule has 0 atom stereocenters. The number of hydrogen-bond acceptors (Lipinski definition) is 5. The largest absolute Gasteiger partial charge is 0.493 e. The van der Waals surface area contributed by atoms with Crippen LogP contribution in [0.3, 0.4) is 0 Å². The van der Waals surface area contributed by atoms with Crippen molar-refractivity contribution in [2.75, 3.05) is 27.3 Å². The van der Waals surface area contributed by atoms with E-state index < -0.39 is 5.60 Å². The van der Waals surface area contributed by atoms with Gasteiger partial charge in [-0.25, -0.2) is 0 Å². The second kappa shape index (κ2) is 8.30. The number of halogens is 1. The maximum atomic E-state index is 12.9. The molecule has 158 valence electrons. The summed E-state index contributed by atoms with van der Waals surface area (Å²) in [5.74, 6) is 1.54. The molecule has 0 radical (unpaired) electrons. The second-order valence-corrected chi connectivity index (χ2v) is 8.66. The van der Waals surface area contributed by atoms with Gasteiger partial charge in [0.25, 0.3) is 0 Å². The summed E-state index contributed by atoms with van der Waals surface area (Å²) in [4.78, 5) is 27.5. The lowest BCUT2D eigenvalue weighted by molar-refractivity contribution is -0.134. The topological polar surface area (TPSA) is 65.1 Å². The number of carbonyl (C=O) groups is 2. The average Bonchev–Trinajstić information content (AvgIpc) is 2.75. The van der Waals surface area contributed by atoms with Gasteiger partial charge in [-0.3, -0.25) is 9.59 Å². The van der Waals surface area contributed by atoms with Gasteiger partial charge in [-0.15, -0.1) is 0 Å². The van der Waals surface area contributed by atoms with E-state index in [0.29, 0.717) is 61.6 Å². The van der Waals surface area contributed by atoms with E-state index in [0.717, 1.165) is 10.0 Å². The summed E-state index contributed by atoms with van der Waals surface area (Å²) >= 11 is 3.41. The number of rotatable bonds is 4. The second-order valence-electron chi connectivity index (χ2n) is 7.75. The van der Waals surface area contributed by atoms with Crippen LogP contribution in [0.25, 0.3) is 0 Å². The molecule has 1 spiro atoms. The number of benzene rings is 2. The molecule has 1 saturated heterocycles. The first-order valence-corrected chi connectivity index (χ1v) is 10.7. The number of piperidine rings is 1. The van der Waals surface area contributed by atoms with E-state index in [1.807, 2.05) is 29.2 Å². The maximum absolute atomic E-state index is 12.9. The minimum Gasteiger partial charge on any atom is -0.493 e. The summed E-state index contributed by atoms with van der Waals surface area (Å²) < 4.78 is 18.2. The van der Waals surface area contributed by atoms with Crippen LogP contribution in [0.1, 0.15) is 35.2 Å². The SMILES string of the molecule is COc1ccc2c(c1OC)OC1(CCN(C(=O)Cc3ccc(Br)cc3)CC1)CC2=O. The molecule has 1 fully saturated rings. The number of likely N-dealkylation sites (tertiary alicyclic amines) is 1. The van der Waals surface area contributed by atoms with Crippen molar-refractivity contribution in [1.82, 2.24) is 4.90 Å². The summed E-state index contributed by atoms with van der Waals surface area (Å²) in [6.45, 7) is 1.12. The van der Waals surface area contributed by atoms with Gasteiger partial charge in [-0.05, 0) is 29.8 Å². The van der Waals surface area contributed by atoms with Gasteiger partial charge < -0.3 is 19.1 Å². The van der Waals surface area contributed by atoms with E-state index in [4.69, 9.17) is 14.2 Å². The zero-order valence-electron chi connectivity index (χ0n) is 17.1. The molecular weight excluding hydrogens is 450 g/mol. The molecule has 2 aromatic carbocycles. The molecule has 0 aliphatic carbocycles. The Morgan fingerprint density at radius 3 is 2.43 bits per heavy atom. The fourth-order valence-electron chi connectivity index (χ4n) is 4.19. The molecule has 0 aromatic heterocycles. The van der Waals surface area contributed by atoms with Crippen molar-refractivity contribution in [2.24, 2.45) is 0 Å². The monoisotopic (exact) mass is 473 g/mol. The number of methoxy groups -OCH3 is 2. The highest BCUT2D eigenvalue weighted by molar-refractivity contribution is 9.10. The number of amides is 1. The third kappa shape index (κ3) is 3.90. The van der Waals surface area contributed by atoms with Crippen LogP contribution in [0, 0.1) is 0 Å². The van der Waals surface area contributed by atoms with E-state index in [-0.39, 0.29) is 11.7 Å². The molecular formula is C23H24BrNO5. The lowest BCUT2D eigenvalue weighted by Gasteiger charge is -2.44. The molecule has 0 unspecified atom stereocenters. The van der Waals surface area contributed by atoms with Gasteiger partial charge in [0.15, 0.2) is 17.3 Å². The minimum absolute atomic E-state index is 0.0341. The molecule has 7 heteroatoms. The zero-order valence-corrected chi connectivity index (χ0v) is 18.7. The fraction of sp³-hybridized carbons (Fsp3) is 0.391. The third-order valence-corrected chi connectivity index (χ3v) is 6.43. The first-order valence-electron chi connectivity index (χ1n) is 9.94. The van der Waals surface area contributed by atoms with E-state index in [9.17, 15) is 9.59 Å². The van der Waals surface area contributed by atoms with Gasteiger partial charge in [0, 0.05) is 30.4 Å². The predicted octanol–water partition coefficient (Wildman–Crippen LogP) is 4.04. The van der Waals surface area contributed by atoms with Gasteiger partial charge in [-0.1, -0.05) is 28.1 Å². The van der Waals surface area contributed by atoms with E-state index >= 15 is 0 Å². The van der Waals surface area contributed by atoms with Crippen LogP contribution >= 0.6 is 15.9 Å². The van der Waals surface area contributed by atoms with Crippen molar-refractivity contribution >= 4 is 27.6 Å². The molecule has 0 bridgehead atoms. The smallest absolute Gasteiger partial charge is 0.226 e. The van der Waals surface area contributed by atoms with Crippen LogP contribution in [0.15, 0.2) is 40.9 Å². The number of hydrogen-bond donors (Lipinski definition) is 0. The van der Waals surface area contributed by atoms with Crippen molar-refractivity contribution in [3.05, 3.63) is 52.0 Å². The third-order valence-electron chi connectivity index (χ3n) is 5.90. The lowest BCUT2D eigenvalue weighted by Crippen LogP contribution is -2.52. The average molecular weight is 474 g/mol. The summed E-state index contributed by atoms with van der Waals surface area (Å²) in [5.41, 5.74) is 0.892. The highest BCUT2D eigenvalue weighted by atomic mass is 79.9. The molecule has 1 amide bonds. The highest BCUT2D eigenvalue weighted by Crippen LogP contribution is 2.47. The molecule has 4 rings (SSSR count). The molecule has 30 heavy (non-hydrogen) atoms. The Labute approximate surface area is 184 Å². The first kappa shape index (κ1) is 20.7. The Hall–Kier alpha value is -2.54. The standard InChI is InChI=1S/C23H24BrNO5/c1-28-19-8-7-17-18(26)14-23(30-21(17)22(19)29-2)9-11-25(12-10-23)20(27)13-15-3-5-16(24)6-4-15/h3-8H,9-14H2,1-2H3. The van der Waals surface area contributed by atoms with E-state index in [2.05, 4.69) is 15.9 Å². The van der Waals surface area contributed by atoms with Gasteiger partial charge in [0.2, 0.25) is 11.7 Å². The summed E-state index contributed by atoms with van der Waals surface area (Å²) in [7, 11) is 3.09. The van der Waals surface area contributed by atoms with Crippen LogP contribution in [0.4, 0.5) is 0 Å². The Balaban J connectivity index is 1.47. The number of fused-ring (bicyclic) bond motifs is 1. The van der Waals surface area contributed by atoms with Crippen LogP contribution in [0.5, 0.6) is 17.2 Å². The van der Waals surface area contributed by atoms with Crippen molar-refractivity contribution in [2.45, 2.75) is 31.3 Å². The number of carbonyl (C=O) groups excluding carboxylic acids is 2. The van der Waals surface area contributed by atoms with Crippen molar-refractivity contribution < 1.29 is 23.8 Å². The molecule has 2 heterocycles. The summed E-state index contributed by atoms with van der Waals surface area (Å²) in [6, 6.07) is 11.2. The zero-order chi connectivity index (χ0) is 21.3. The minimum atomic E-state index is -0.613. The molecule has 0 N–H and O–H groups in total. The Kier molecular flexibility index (Phi) is 5.73. The number of nitrogens with zero attached hydrogens (tertiary/aromatic N) is 1. The van der Waals surface area contributed by atoms with Gasteiger partial charge in [0.05, 0.1) is 32.6 Å². The van der Waals surface area contributed by atoms with Gasteiger partial charge in [-0.2, -0.15) is 0 Å². The number of Topliss-reactive ketones (excluding diaryl/α,β-unsaturated/α-hetero) is 1. The van der Waals surface area contributed by atoms with Crippen molar-refractivity contribution in [3.63, 3.8) is 0 Å². The van der Waals surface area contributed by atoms with E-state index in [1.165, 1.54) is 7.11 Å². The number of ether oxygens (including phenoxy) is 3. The Morgan fingerprint density at radius 2 is 1.80 bits per heavy atom. The summed E-state index contributed by atoms with van der Waals surface area (Å²) in [6.07, 6.45) is 1.88. The van der Waals surface area contributed by atoms with Crippen LogP contribution in [0.2, 0.25) is 0 Å². The molecule has 2 aliphatic rings. The van der Waals surface area contributed by atoms with Gasteiger partial charge in [0.1, 0.15) is 5.60 Å². The first-order chi connectivity index (χ1) is 14.4. The normalized spacial score (nSPS) is 17.3. The van der Waals surface area contributed by atoms with Crippen LogP contribution < -0.4 is 14.2 Å². The molecule has 0 saturated carbocycles. The van der Waals surface area contributed by atoms with Crippen molar-refractivity contribution in [3.8, 4) is 17.2 Å². The highest BCUT2D eigenvalue weighted by Gasteiger charge is 2.45.